The highest BCUT2D eigenvalue weighted by molar-refractivity contribution is 8.00. The van der Waals surface area contributed by atoms with Gasteiger partial charge in [-0.1, -0.05) is 11.8 Å². The van der Waals surface area contributed by atoms with E-state index in [1.807, 2.05) is 0 Å². The summed E-state index contributed by atoms with van der Waals surface area (Å²) in [6, 6.07) is 20.3. The van der Waals surface area contributed by atoms with Crippen LogP contribution in [0.5, 0.6) is 11.5 Å². The van der Waals surface area contributed by atoms with Gasteiger partial charge in [-0.25, -0.2) is 4.98 Å². The molecule has 5 rings (SSSR count). The maximum atomic E-state index is 13.1. The number of phenols is 2. The second-order valence-corrected chi connectivity index (χ2v) is 10.0. The Morgan fingerprint density at radius 1 is 0.865 bits per heavy atom. The number of carbonyl (C=O) groups is 2. The first-order valence-corrected chi connectivity index (χ1v) is 12.7. The molecule has 1 aromatic heterocycles. The molecule has 0 saturated carbocycles. The molecular weight excluding hydrogens is 488 g/mol. The average molecular weight is 513 g/mol. The van der Waals surface area contributed by atoms with E-state index in [2.05, 4.69) is 10.2 Å². The molecule has 1 atom stereocenters. The van der Waals surface area contributed by atoms with Gasteiger partial charge < -0.3 is 15.1 Å². The fraction of sp³-hybridized carbons (Fsp3) is 0.179. The smallest absolute Gasteiger partial charge is 0.227 e. The van der Waals surface area contributed by atoms with Crippen molar-refractivity contribution in [3.05, 3.63) is 78.4 Å². The highest BCUT2D eigenvalue weighted by atomic mass is 32.2. The molecule has 2 heterocycles. The number of Topliss-reactive ketones (excluding diaryl/α,β-unsaturated/α-hetero) is 1. The minimum Gasteiger partial charge on any atom is -0.508 e. The second-order valence-electron chi connectivity index (χ2n) is 8.71. The third-order valence-corrected chi connectivity index (χ3v) is 7.09. The van der Waals surface area contributed by atoms with Crippen LogP contribution in [0.2, 0.25) is 0 Å². The number of ketones is 1. The fourth-order valence-corrected chi connectivity index (χ4v) is 4.96. The molecule has 1 fully saturated rings. The van der Waals surface area contributed by atoms with E-state index in [4.69, 9.17) is 4.98 Å². The van der Waals surface area contributed by atoms with E-state index in [1.165, 1.54) is 11.8 Å². The molecule has 1 aliphatic rings. The van der Waals surface area contributed by atoms with Crippen LogP contribution in [-0.2, 0) is 4.79 Å². The summed E-state index contributed by atoms with van der Waals surface area (Å²) in [5.41, 5.74) is 3.85. The van der Waals surface area contributed by atoms with E-state index in [0.29, 0.717) is 35.1 Å². The van der Waals surface area contributed by atoms with Crippen molar-refractivity contribution in [1.29, 1.82) is 0 Å². The number of rotatable bonds is 7. The predicted molar refractivity (Wildman–Crippen MR) is 142 cm³/mol. The Bertz CT molecular complexity index is 1440. The van der Waals surface area contributed by atoms with E-state index >= 15 is 0 Å². The number of carbonyl (C=O) groups excluding carboxylic acids is 2. The lowest BCUT2D eigenvalue weighted by Gasteiger charge is -2.16. The Labute approximate surface area is 218 Å². The first-order valence-electron chi connectivity index (χ1n) is 11.8. The van der Waals surface area contributed by atoms with Gasteiger partial charge in [-0.05, 0) is 86.1 Å². The van der Waals surface area contributed by atoms with Gasteiger partial charge in [-0.2, -0.15) is 0 Å². The molecule has 0 radical (unpaired) electrons. The van der Waals surface area contributed by atoms with Crippen LogP contribution in [0.25, 0.3) is 22.5 Å². The van der Waals surface area contributed by atoms with Gasteiger partial charge in [0.2, 0.25) is 11.1 Å². The van der Waals surface area contributed by atoms with Gasteiger partial charge >= 0.3 is 0 Å². The van der Waals surface area contributed by atoms with E-state index in [-0.39, 0.29) is 23.2 Å². The van der Waals surface area contributed by atoms with Crippen molar-refractivity contribution in [2.24, 2.45) is 0 Å². The SMILES string of the molecule is C[C@@H](Sc1nnc(-c2ccc(O)cc2)c(-c2ccc(O)cc2)n1)C(=O)c1ccc(N2CCCC2=O)cc1. The summed E-state index contributed by atoms with van der Waals surface area (Å²) in [7, 11) is 0. The second kappa shape index (κ2) is 10.4. The zero-order chi connectivity index (χ0) is 25.9. The van der Waals surface area contributed by atoms with Crippen LogP contribution in [0.4, 0.5) is 5.69 Å². The molecule has 3 aromatic carbocycles. The van der Waals surface area contributed by atoms with Crippen LogP contribution in [0.15, 0.2) is 78.0 Å². The normalized spacial score (nSPS) is 14.1. The van der Waals surface area contributed by atoms with Gasteiger partial charge in [0.1, 0.15) is 22.9 Å². The standard InChI is InChI=1S/C28H24N4O4S/c1-17(27(36)20-4-10-21(11-5-20)32-16-2-3-24(32)35)37-28-29-25(18-6-12-22(33)13-7-18)26(30-31-28)19-8-14-23(34)15-9-19/h4-15,17,33-34H,2-3,16H2,1H3/t17-/m1/s1. The summed E-state index contributed by atoms with van der Waals surface area (Å²) >= 11 is 1.21. The van der Waals surface area contributed by atoms with E-state index < -0.39 is 5.25 Å². The molecule has 0 aliphatic carbocycles. The van der Waals surface area contributed by atoms with Crippen LogP contribution >= 0.6 is 11.8 Å². The minimum absolute atomic E-state index is 0.0818. The molecule has 2 N–H and O–H groups in total. The Hall–Kier alpha value is -4.24. The molecular formula is C28H24N4O4S. The number of anilines is 1. The topological polar surface area (TPSA) is 117 Å². The number of thioether (sulfide) groups is 1. The maximum Gasteiger partial charge on any atom is 0.227 e. The summed E-state index contributed by atoms with van der Waals surface area (Å²) < 4.78 is 0. The number of hydrogen-bond donors (Lipinski definition) is 2. The highest BCUT2D eigenvalue weighted by Crippen LogP contribution is 2.33. The maximum absolute atomic E-state index is 13.1. The number of hydrogen-bond acceptors (Lipinski definition) is 8. The van der Waals surface area contributed by atoms with Crippen molar-refractivity contribution in [2.45, 2.75) is 30.2 Å². The van der Waals surface area contributed by atoms with Gasteiger partial charge in [0, 0.05) is 35.3 Å². The van der Waals surface area contributed by atoms with Gasteiger partial charge in [0.05, 0.1) is 5.25 Å². The summed E-state index contributed by atoms with van der Waals surface area (Å²) in [5, 5.41) is 27.9. The number of aromatic hydroxyl groups is 2. The number of benzene rings is 3. The molecule has 4 aromatic rings. The third kappa shape index (κ3) is 5.31. The van der Waals surface area contributed by atoms with Crippen molar-refractivity contribution in [1.82, 2.24) is 15.2 Å². The number of aromatic nitrogens is 3. The lowest BCUT2D eigenvalue weighted by molar-refractivity contribution is -0.117. The van der Waals surface area contributed by atoms with Crippen molar-refractivity contribution < 1.29 is 19.8 Å². The number of amides is 1. The van der Waals surface area contributed by atoms with Crippen molar-refractivity contribution in [3.63, 3.8) is 0 Å². The highest BCUT2D eigenvalue weighted by Gasteiger charge is 2.23. The Balaban J connectivity index is 1.39. The zero-order valence-corrected chi connectivity index (χ0v) is 20.9. The molecule has 186 valence electrons. The molecule has 8 nitrogen and oxygen atoms in total. The summed E-state index contributed by atoms with van der Waals surface area (Å²) in [5.74, 6) is 0.288. The van der Waals surface area contributed by atoms with Gasteiger partial charge in [0.15, 0.2) is 5.78 Å². The first-order chi connectivity index (χ1) is 17.9. The monoisotopic (exact) mass is 512 g/mol. The molecule has 0 spiro atoms. The van der Waals surface area contributed by atoms with E-state index in [1.54, 1.807) is 84.6 Å². The lowest BCUT2D eigenvalue weighted by atomic mass is 10.0. The summed E-state index contributed by atoms with van der Waals surface area (Å²) in [6.07, 6.45) is 1.40. The first kappa shape index (κ1) is 24.5. The third-order valence-electron chi connectivity index (χ3n) is 6.14. The Kier molecular flexibility index (Phi) is 6.87. The molecule has 9 heteroatoms. The zero-order valence-electron chi connectivity index (χ0n) is 20.0. The van der Waals surface area contributed by atoms with Crippen molar-refractivity contribution in [3.8, 4) is 34.0 Å². The molecule has 0 bridgehead atoms. The Morgan fingerprint density at radius 3 is 2.03 bits per heavy atom. The van der Waals surface area contributed by atoms with E-state index in [0.717, 1.165) is 23.2 Å². The van der Waals surface area contributed by atoms with Gasteiger partial charge in [0.25, 0.3) is 0 Å². The molecule has 1 saturated heterocycles. The number of nitrogens with zero attached hydrogens (tertiary/aromatic N) is 4. The van der Waals surface area contributed by atoms with Crippen LogP contribution in [0.3, 0.4) is 0 Å². The lowest BCUT2D eigenvalue weighted by Crippen LogP contribution is -2.23. The van der Waals surface area contributed by atoms with E-state index in [9.17, 15) is 19.8 Å². The average Bonchev–Trinajstić information content (AvgIpc) is 3.35. The number of phenolic OH excluding ortho intramolecular Hbond substituents is 2. The molecule has 37 heavy (non-hydrogen) atoms. The van der Waals surface area contributed by atoms with Crippen molar-refractivity contribution in [2.75, 3.05) is 11.4 Å². The van der Waals surface area contributed by atoms with Crippen LogP contribution < -0.4 is 4.90 Å². The van der Waals surface area contributed by atoms with Gasteiger partial charge in [-0.3, -0.25) is 9.59 Å². The summed E-state index contributed by atoms with van der Waals surface area (Å²) in [6.45, 7) is 2.49. The van der Waals surface area contributed by atoms with Gasteiger partial charge in [-0.15, -0.1) is 10.2 Å². The van der Waals surface area contributed by atoms with Crippen LogP contribution in [0, 0.1) is 0 Å². The largest absolute Gasteiger partial charge is 0.508 e. The summed E-state index contributed by atoms with van der Waals surface area (Å²) in [4.78, 5) is 31.6. The Morgan fingerprint density at radius 2 is 1.46 bits per heavy atom. The minimum atomic E-state index is -0.478. The quantitative estimate of drug-likeness (QED) is 0.259. The van der Waals surface area contributed by atoms with Crippen LogP contribution in [0.1, 0.15) is 30.1 Å². The molecule has 1 amide bonds. The van der Waals surface area contributed by atoms with Crippen molar-refractivity contribution >= 4 is 29.1 Å². The molecule has 0 unspecified atom stereocenters. The molecule has 1 aliphatic heterocycles. The predicted octanol–water partition coefficient (Wildman–Crippen LogP) is 5.11. The van der Waals surface area contributed by atoms with Crippen LogP contribution in [-0.4, -0.2) is 48.9 Å². The fourth-order valence-electron chi connectivity index (χ4n) is 4.17.